The molecular formula is C12H11BrN2O2S. The average Bonchev–Trinajstić information content (AvgIpc) is 2.74. The van der Waals surface area contributed by atoms with Gasteiger partial charge in [0.2, 0.25) is 0 Å². The van der Waals surface area contributed by atoms with Gasteiger partial charge in [-0.2, -0.15) is 0 Å². The first-order valence-electron chi connectivity index (χ1n) is 5.29. The van der Waals surface area contributed by atoms with Crippen LogP contribution in [0.4, 0.5) is 11.4 Å². The topological polar surface area (TPSA) is 55.2 Å². The van der Waals surface area contributed by atoms with E-state index >= 15 is 0 Å². The molecule has 0 amide bonds. The van der Waals surface area contributed by atoms with Gasteiger partial charge in [-0.1, -0.05) is 6.07 Å². The number of non-ortho nitro benzene ring substituents is 1. The average molecular weight is 327 g/mol. The highest BCUT2D eigenvalue weighted by atomic mass is 79.9. The first-order valence-corrected chi connectivity index (χ1v) is 6.90. The zero-order valence-electron chi connectivity index (χ0n) is 9.64. The SMILES string of the molecule is Cc1ccc([N+](=O)[O-])cc1NCc1ccc(Br)s1. The third-order valence-electron chi connectivity index (χ3n) is 2.51. The van der Waals surface area contributed by atoms with Crippen LogP contribution in [0.2, 0.25) is 0 Å². The molecule has 0 aliphatic heterocycles. The maximum Gasteiger partial charge on any atom is 0.271 e. The maximum absolute atomic E-state index is 10.7. The second-order valence-electron chi connectivity index (χ2n) is 3.82. The van der Waals surface area contributed by atoms with Crippen LogP contribution in [-0.2, 0) is 6.54 Å². The second kappa shape index (κ2) is 5.49. The van der Waals surface area contributed by atoms with Crippen molar-refractivity contribution in [3.8, 4) is 0 Å². The largest absolute Gasteiger partial charge is 0.380 e. The monoisotopic (exact) mass is 326 g/mol. The molecule has 2 aromatic rings. The first kappa shape index (κ1) is 13.0. The molecule has 6 heteroatoms. The van der Waals surface area contributed by atoms with E-state index in [1.807, 2.05) is 19.1 Å². The van der Waals surface area contributed by atoms with Gasteiger partial charge in [0, 0.05) is 29.2 Å². The molecule has 2 rings (SSSR count). The van der Waals surface area contributed by atoms with Crippen molar-refractivity contribution in [2.75, 3.05) is 5.32 Å². The summed E-state index contributed by atoms with van der Waals surface area (Å²) in [6.45, 7) is 2.59. The normalized spacial score (nSPS) is 10.3. The molecule has 1 heterocycles. The van der Waals surface area contributed by atoms with Crippen LogP contribution in [0.15, 0.2) is 34.1 Å². The predicted molar refractivity (Wildman–Crippen MR) is 77.2 cm³/mol. The lowest BCUT2D eigenvalue weighted by Gasteiger charge is -2.08. The minimum atomic E-state index is -0.383. The Morgan fingerprint density at radius 2 is 2.17 bits per heavy atom. The molecule has 0 saturated heterocycles. The lowest BCUT2D eigenvalue weighted by molar-refractivity contribution is -0.384. The van der Waals surface area contributed by atoms with E-state index in [-0.39, 0.29) is 10.6 Å². The van der Waals surface area contributed by atoms with Gasteiger partial charge in [-0.25, -0.2) is 0 Å². The van der Waals surface area contributed by atoms with Crippen LogP contribution in [0.5, 0.6) is 0 Å². The van der Waals surface area contributed by atoms with Crippen molar-refractivity contribution in [3.05, 3.63) is 54.7 Å². The number of halogens is 1. The summed E-state index contributed by atoms with van der Waals surface area (Å²) in [5, 5.41) is 13.9. The zero-order valence-corrected chi connectivity index (χ0v) is 12.0. The van der Waals surface area contributed by atoms with Crippen molar-refractivity contribution < 1.29 is 4.92 Å². The lowest BCUT2D eigenvalue weighted by atomic mass is 10.2. The van der Waals surface area contributed by atoms with Crippen molar-refractivity contribution in [3.63, 3.8) is 0 Å². The number of rotatable bonds is 4. The third kappa shape index (κ3) is 3.08. The van der Waals surface area contributed by atoms with Gasteiger partial charge in [0.1, 0.15) is 0 Å². The molecule has 1 aromatic carbocycles. The molecule has 0 atom stereocenters. The third-order valence-corrected chi connectivity index (χ3v) is 4.14. The maximum atomic E-state index is 10.7. The number of aryl methyl sites for hydroxylation is 1. The van der Waals surface area contributed by atoms with E-state index in [2.05, 4.69) is 21.2 Å². The number of nitrogens with zero attached hydrogens (tertiary/aromatic N) is 1. The quantitative estimate of drug-likeness (QED) is 0.671. The summed E-state index contributed by atoms with van der Waals surface area (Å²) in [6.07, 6.45) is 0. The minimum absolute atomic E-state index is 0.107. The molecular weight excluding hydrogens is 316 g/mol. The van der Waals surface area contributed by atoms with Crippen LogP contribution in [0.1, 0.15) is 10.4 Å². The molecule has 0 spiro atoms. The summed E-state index contributed by atoms with van der Waals surface area (Å²) >= 11 is 5.05. The molecule has 1 aromatic heterocycles. The van der Waals surface area contributed by atoms with E-state index in [4.69, 9.17) is 0 Å². The Labute approximate surface area is 117 Å². The highest BCUT2D eigenvalue weighted by Gasteiger charge is 2.08. The molecule has 0 unspecified atom stereocenters. The first-order chi connectivity index (χ1) is 8.56. The number of nitro groups is 1. The van der Waals surface area contributed by atoms with Gasteiger partial charge >= 0.3 is 0 Å². The van der Waals surface area contributed by atoms with Gasteiger partial charge in [-0.3, -0.25) is 10.1 Å². The molecule has 4 nitrogen and oxygen atoms in total. The molecule has 0 aliphatic rings. The van der Waals surface area contributed by atoms with Crippen LogP contribution >= 0.6 is 27.3 Å². The molecule has 18 heavy (non-hydrogen) atoms. The van der Waals surface area contributed by atoms with Crippen molar-refractivity contribution in [2.45, 2.75) is 13.5 Å². The summed E-state index contributed by atoms with van der Waals surface area (Å²) in [5.41, 5.74) is 1.90. The number of thiophene rings is 1. The molecule has 0 bridgehead atoms. The highest BCUT2D eigenvalue weighted by molar-refractivity contribution is 9.11. The number of benzene rings is 1. The van der Waals surface area contributed by atoms with Crippen molar-refractivity contribution >= 4 is 38.6 Å². The van der Waals surface area contributed by atoms with E-state index in [0.29, 0.717) is 6.54 Å². The van der Waals surface area contributed by atoms with E-state index in [0.717, 1.165) is 15.0 Å². The number of nitrogens with one attached hydrogen (secondary N) is 1. The standard InChI is InChI=1S/C12H11BrN2O2S/c1-8-2-3-9(15(16)17)6-11(8)14-7-10-4-5-12(13)18-10/h2-6,14H,7H2,1H3. The predicted octanol–water partition coefficient (Wildman–Crippen LogP) is 4.34. The fourth-order valence-corrected chi connectivity index (χ4v) is 2.97. The second-order valence-corrected chi connectivity index (χ2v) is 6.36. The minimum Gasteiger partial charge on any atom is -0.380 e. The van der Waals surface area contributed by atoms with E-state index in [1.165, 1.54) is 10.9 Å². The van der Waals surface area contributed by atoms with Crippen molar-refractivity contribution in [2.24, 2.45) is 0 Å². The number of hydrogen-bond acceptors (Lipinski definition) is 4. The summed E-state index contributed by atoms with van der Waals surface area (Å²) in [5.74, 6) is 0. The Morgan fingerprint density at radius 1 is 1.39 bits per heavy atom. The number of anilines is 1. The zero-order chi connectivity index (χ0) is 13.1. The van der Waals surface area contributed by atoms with E-state index in [1.54, 1.807) is 23.5 Å². The summed E-state index contributed by atoms with van der Waals surface area (Å²) in [7, 11) is 0. The van der Waals surface area contributed by atoms with Crippen molar-refractivity contribution in [1.82, 2.24) is 0 Å². The van der Waals surface area contributed by atoms with Gasteiger partial charge in [0.25, 0.3) is 5.69 Å². The van der Waals surface area contributed by atoms with Crippen LogP contribution < -0.4 is 5.32 Å². The fourth-order valence-electron chi connectivity index (χ4n) is 1.54. The van der Waals surface area contributed by atoms with E-state index < -0.39 is 0 Å². The molecule has 0 radical (unpaired) electrons. The Hall–Kier alpha value is -1.40. The van der Waals surface area contributed by atoms with Gasteiger partial charge in [-0.15, -0.1) is 11.3 Å². The summed E-state index contributed by atoms with van der Waals surface area (Å²) in [6, 6.07) is 8.85. The fraction of sp³-hybridized carbons (Fsp3) is 0.167. The summed E-state index contributed by atoms with van der Waals surface area (Å²) < 4.78 is 1.08. The van der Waals surface area contributed by atoms with Crippen LogP contribution in [-0.4, -0.2) is 4.92 Å². The Kier molecular flexibility index (Phi) is 3.98. The van der Waals surface area contributed by atoms with Gasteiger partial charge in [0.15, 0.2) is 0 Å². The molecule has 0 fully saturated rings. The van der Waals surface area contributed by atoms with Crippen LogP contribution in [0.25, 0.3) is 0 Å². The van der Waals surface area contributed by atoms with Gasteiger partial charge < -0.3 is 5.32 Å². The van der Waals surface area contributed by atoms with E-state index in [9.17, 15) is 10.1 Å². The number of nitro benzene ring substituents is 1. The van der Waals surface area contributed by atoms with Crippen molar-refractivity contribution in [1.29, 1.82) is 0 Å². The molecule has 94 valence electrons. The Balaban J connectivity index is 2.13. The highest BCUT2D eigenvalue weighted by Crippen LogP contribution is 2.25. The molecule has 0 aliphatic carbocycles. The van der Waals surface area contributed by atoms with Gasteiger partial charge in [0.05, 0.1) is 8.71 Å². The van der Waals surface area contributed by atoms with Crippen LogP contribution in [0.3, 0.4) is 0 Å². The smallest absolute Gasteiger partial charge is 0.271 e. The molecule has 0 saturated carbocycles. The Morgan fingerprint density at radius 3 is 2.78 bits per heavy atom. The Bertz CT molecular complexity index is 583. The van der Waals surface area contributed by atoms with Gasteiger partial charge in [-0.05, 0) is 40.5 Å². The summed E-state index contributed by atoms with van der Waals surface area (Å²) in [4.78, 5) is 11.5. The number of hydrogen-bond donors (Lipinski definition) is 1. The van der Waals surface area contributed by atoms with Crippen LogP contribution in [0, 0.1) is 17.0 Å². The molecule has 1 N–H and O–H groups in total. The lowest BCUT2D eigenvalue weighted by Crippen LogP contribution is -2.00.